The normalized spacial score (nSPS) is 15.1. The quantitative estimate of drug-likeness (QED) is 0.711. The van der Waals surface area contributed by atoms with Crippen molar-refractivity contribution in [1.82, 2.24) is 0 Å². The molecule has 0 heterocycles. The molecule has 0 aromatic carbocycles. The molecular formula is C9H14F4O2. The SMILES string of the molecule is CCC(F)(F)CC(C(=O)O)C(F)(F)CC. The van der Waals surface area contributed by atoms with Gasteiger partial charge in [0, 0.05) is 19.3 Å². The van der Waals surface area contributed by atoms with Crippen LogP contribution in [0, 0.1) is 5.92 Å². The van der Waals surface area contributed by atoms with Crippen molar-refractivity contribution in [2.75, 3.05) is 0 Å². The van der Waals surface area contributed by atoms with Gasteiger partial charge in [0.05, 0.1) is 0 Å². The largest absolute Gasteiger partial charge is 0.481 e. The number of alkyl halides is 4. The summed E-state index contributed by atoms with van der Waals surface area (Å²) in [5.74, 6) is -11.2. The fraction of sp³-hybridized carbons (Fsp3) is 0.889. The van der Waals surface area contributed by atoms with E-state index in [1.54, 1.807) is 0 Å². The van der Waals surface area contributed by atoms with Crippen LogP contribution in [0.25, 0.3) is 0 Å². The summed E-state index contributed by atoms with van der Waals surface area (Å²) in [6.45, 7) is 2.20. The average Bonchev–Trinajstić information content (AvgIpc) is 2.14. The van der Waals surface area contributed by atoms with Gasteiger partial charge in [-0.15, -0.1) is 0 Å². The molecule has 0 radical (unpaired) electrons. The van der Waals surface area contributed by atoms with Crippen LogP contribution in [0.15, 0.2) is 0 Å². The molecule has 0 aliphatic rings. The van der Waals surface area contributed by atoms with Crippen molar-refractivity contribution in [2.24, 2.45) is 5.92 Å². The third-order valence-electron chi connectivity index (χ3n) is 2.30. The van der Waals surface area contributed by atoms with Crippen LogP contribution in [0.1, 0.15) is 33.1 Å². The molecule has 1 atom stereocenters. The standard InChI is InChI=1S/C9H14F4O2/c1-3-8(10,11)5-6(7(14)15)9(12,13)4-2/h6H,3-5H2,1-2H3,(H,14,15). The van der Waals surface area contributed by atoms with E-state index in [0.29, 0.717) is 0 Å². The Bertz CT molecular complexity index is 228. The molecule has 1 N–H and O–H groups in total. The summed E-state index contributed by atoms with van der Waals surface area (Å²) in [6, 6.07) is 0. The average molecular weight is 230 g/mol. The van der Waals surface area contributed by atoms with Crippen LogP contribution < -0.4 is 0 Å². The second-order valence-corrected chi connectivity index (χ2v) is 3.42. The van der Waals surface area contributed by atoms with Crippen molar-refractivity contribution in [3.05, 3.63) is 0 Å². The van der Waals surface area contributed by atoms with Crippen LogP contribution in [-0.4, -0.2) is 22.9 Å². The summed E-state index contributed by atoms with van der Waals surface area (Å²) in [7, 11) is 0. The lowest BCUT2D eigenvalue weighted by atomic mass is 9.91. The van der Waals surface area contributed by atoms with Gasteiger partial charge in [-0.3, -0.25) is 4.79 Å². The maximum atomic E-state index is 13.0. The molecule has 0 saturated carbocycles. The van der Waals surface area contributed by atoms with E-state index in [1.807, 2.05) is 0 Å². The number of halogens is 4. The van der Waals surface area contributed by atoms with Crippen molar-refractivity contribution < 1.29 is 27.5 Å². The number of carboxylic acids is 1. The van der Waals surface area contributed by atoms with E-state index in [-0.39, 0.29) is 0 Å². The number of hydrogen-bond acceptors (Lipinski definition) is 1. The molecule has 0 aromatic heterocycles. The van der Waals surface area contributed by atoms with Gasteiger partial charge in [0.25, 0.3) is 5.92 Å². The molecular weight excluding hydrogens is 216 g/mol. The van der Waals surface area contributed by atoms with Gasteiger partial charge in [-0.25, -0.2) is 17.6 Å². The first kappa shape index (κ1) is 14.2. The highest BCUT2D eigenvalue weighted by molar-refractivity contribution is 5.71. The van der Waals surface area contributed by atoms with Crippen molar-refractivity contribution in [3.63, 3.8) is 0 Å². The Labute approximate surface area is 85.3 Å². The Balaban J connectivity index is 4.78. The van der Waals surface area contributed by atoms with Gasteiger partial charge in [-0.1, -0.05) is 13.8 Å². The minimum absolute atomic E-state index is 0.642. The zero-order chi connectivity index (χ0) is 12.3. The molecule has 1 unspecified atom stereocenters. The van der Waals surface area contributed by atoms with Gasteiger partial charge in [0.2, 0.25) is 5.92 Å². The lowest BCUT2D eigenvalue weighted by Crippen LogP contribution is -2.38. The molecule has 0 aromatic rings. The van der Waals surface area contributed by atoms with Gasteiger partial charge in [0.15, 0.2) is 0 Å². The van der Waals surface area contributed by atoms with E-state index in [1.165, 1.54) is 0 Å². The molecule has 0 fully saturated rings. The van der Waals surface area contributed by atoms with Gasteiger partial charge in [-0.2, -0.15) is 0 Å². The monoisotopic (exact) mass is 230 g/mol. The summed E-state index contributed by atoms with van der Waals surface area (Å²) >= 11 is 0. The van der Waals surface area contributed by atoms with Crippen molar-refractivity contribution in [3.8, 4) is 0 Å². The molecule has 90 valence electrons. The van der Waals surface area contributed by atoms with Crippen molar-refractivity contribution >= 4 is 5.97 Å². The zero-order valence-electron chi connectivity index (χ0n) is 8.57. The zero-order valence-corrected chi connectivity index (χ0v) is 8.57. The summed E-state index contributed by atoms with van der Waals surface area (Å²) < 4.78 is 51.7. The molecule has 6 heteroatoms. The van der Waals surface area contributed by atoms with E-state index in [0.717, 1.165) is 13.8 Å². The van der Waals surface area contributed by atoms with Gasteiger partial charge in [0.1, 0.15) is 5.92 Å². The molecule has 2 nitrogen and oxygen atoms in total. The van der Waals surface area contributed by atoms with E-state index in [2.05, 4.69) is 0 Å². The molecule has 0 amide bonds. The molecule has 0 aliphatic carbocycles. The van der Waals surface area contributed by atoms with Crippen molar-refractivity contribution in [1.29, 1.82) is 0 Å². The first-order chi connectivity index (χ1) is 6.66. The molecule has 0 bridgehead atoms. The third kappa shape index (κ3) is 4.05. The number of rotatable bonds is 6. The Morgan fingerprint density at radius 3 is 1.93 bits per heavy atom. The maximum absolute atomic E-state index is 13.0. The Hall–Kier alpha value is -0.810. The highest BCUT2D eigenvalue weighted by atomic mass is 19.3. The lowest BCUT2D eigenvalue weighted by Gasteiger charge is -2.25. The van der Waals surface area contributed by atoms with Crippen LogP contribution in [0.4, 0.5) is 17.6 Å². The Morgan fingerprint density at radius 2 is 1.67 bits per heavy atom. The molecule has 0 aliphatic heterocycles. The van der Waals surface area contributed by atoms with E-state index in [9.17, 15) is 22.4 Å². The van der Waals surface area contributed by atoms with Crippen LogP contribution in [0.5, 0.6) is 0 Å². The Kier molecular flexibility index (Phi) is 4.55. The number of carbonyl (C=O) groups is 1. The van der Waals surface area contributed by atoms with Crippen LogP contribution in [0.3, 0.4) is 0 Å². The first-order valence-electron chi connectivity index (χ1n) is 4.64. The molecule has 0 spiro atoms. The van der Waals surface area contributed by atoms with Crippen LogP contribution in [-0.2, 0) is 4.79 Å². The maximum Gasteiger partial charge on any atom is 0.312 e. The molecule has 0 rings (SSSR count). The molecule has 15 heavy (non-hydrogen) atoms. The summed E-state index contributed by atoms with van der Waals surface area (Å²) in [6.07, 6.45) is -2.72. The van der Waals surface area contributed by atoms with E-state index in [4.69, 9.17) is 5.11 Å². The highest BCUT2D eigenvalue weighted by Gasteiger charge is 2.48. The molecule has 0 saturated heterocycles. The minimum atomic E-state index is -3.59. The fourth-order valence-corrected chi connectivity index (χ4v) is 1.11. The summed E-state index contributed by atoms with van der Waals surface area (Å²) in [4.78, 5) is 10.5. The van der Waals surface area contributed by atoms with E-state index < -0.39 is 43.0 Å². The highest BCUT2D eigenvalue weighted by Crippen LogP contribution is 2.37. The smallest absolute Gasteiger partial charge is 0.312 e. The van der Waals surface area contributed by atoms with Crippen molar-refractivity contribution in [2.45, 2.75) is 45.0 Å². The predicted molar refractivity (Wildman–Crippen MR) is 46.2 cm³/mol. The van der Waals surface area contributed by atoms with Gasteiger partial charge < -0.3 is 5.11 Å². The van der Waals surface area contributed by atoms with Gasteiger partial charge in [-0.05, 0) is 0 Å². The van der Waals surface area contributed by atoms with Crippen LogP contribution in [0.2, 0.25) is 0 Å². The lowest BCUT2D eigenvalue weighted by molar-refractivity contribution is -0.167. The fourth-order valence-electron chi connectivity index (χ4n) is 1.11. The first-order valence-corrected chi connectivity index (χ1v) is 4.64. The summed E-state index contributed by atoms with van der Waals surface area (Å²) in [5.41, 5.74) is 0. The predicted octanol–water partition coefficient (Wildman–Crippen LogP) is 3.17. The van der Waals surface area contributed by atoms with Gasteiger partial charge >= 0.3 is 5.97 Å². The topological polar surface area (TPSA) is 37.3 Å². The second kappa shape index (κ2) is 4.81. The summed E-state index contributed by atoms with van der Waals surface area (Å²) in [5, 5.41) is 8.49. The Morgan fingerprint density at radius 1 is 1.20 bits per heavy atom. The second-order valence-electron chi connectivity index (χ2n) is 3.42. The van der Waals surface area contributed by atoms with E-state index >= 15 is 0 Å². The number of aliphatic carboxylic acids is 1. The third-order valence-corrected chi connectivity index (χ3v) is 2.30. The number of carboxylic acid groups (broad SMARTS) is 1. The number of hydrogen-bond donors (Lipinski definition) is 1. The van der Waals surface area contributed by atoms with Crippen LogP contribution >= 0.6 is 0 Å². The minimum Gasteiger partial charge on any atom is -0.481 e.